The molecule has 6 nitrogen and oxygen atoms in total. The second-order valence-electron chi connectivity index (χ2n) is 4.68. The fourth-order valence-corrected chi connectivity index (χ4v) is 2.42. The Morgan fingerprint density at radius 1 is 1.17 bits per heavy atom. The third-order valence-electron chi connectivity index (χ3n) is 2.99. The summed E-state index contributed by atoms with van der Waals surface area (Å²) in [5.41, 5.74) is 1.47. The fourth-order valence-electron chi connectivity index (χ4n) is 1.91. The van der Waals surface area contributed by atoms with Gasteiger partial charge < -0.3 is 5.32 Å². The Kier molecular flexibility index (Phi) is 4.68. The highest BCUT2D eigenvalue weighted by molar-refractivity contribution is 9.10. The van der Waals surface area contributed by atoms with Crippen molar-refractivity contribution < 1.29 is 4.79 Å². The number of carbonyl (C=O) groups excluding carboxylic acids is 1. The van der Waals surface area contributed by atoms with Gasteiger partial charge in [-0.2, -0.15) is 4.80 Å². The number of anilines is 1. The first-order valence-corrected chi connectivity index (χ1v) is 7.87. The number of carbonyl (C=O) groups is 1. The van der Waals surface area contributed by atoms with Gasteiger partial charge in [-0.15, -0.1) is 10.2 Å². The number of tetrazole rings is 1. The van der Waals surface area contributed by atoms with Crippen LogP contribution in [0.3, 0.4) is 0 Å². The lowest BCUT2D eigenvalue weighted by atomic mass is 10.2. The number of halogens is 2. The average Bonchev–Trinajstić information content (AvgIpc) is 2.98. The lowest BCUT2D eigenvalue weighted by molar-refractivity contribution is -0.117. The van der Waals surface area contributed by atoms with E-state index in [1.165, 1.54) is 4.80 Å². The van der Waals surface area contributed by atoms with Crippen LogP contribution in [0.15, 0.2) is 53.0 Å². The summed E-state index contributed by atoms with van der Waals surface area (Å²) in [4.78, 5) is 13.3. The molecule has 1 N–H and O–H groups in total. The summed E-state index contributed by atoms with van der Waals surface area (Å²) in [7, 11) is 0. The molecule has 0 bridgehead atoms. The number of amides is 1. The Morgan fingerprint density at radius 2 is 1.91 bits per heavy atom. The standard InChI is InChI=1S/C15H11BrClN5O/c16-12-3-1-2-4-13(12)18-14(23)9-22-20-15(19-21-22)10-5-7-11(17)8-6-10/h1-8H,9H2,(H,18,23). The van der Waals surface area contributed by atoms with Gasteiger partial charge in [-0.3, -0.25) is 4.79 Å². The van der Waals surface area contributed by atoms with Crippen LogP contribution in [0.1, 0.15) is 0 Å². The summed E-state index contributed by atoms with van der Waals surface area (Å²) < 4.78 is 0.807. The minimum atomic E-state index is -0.239. The van der Waals surface area contributed by atoms with Crippen molar-refractivity contribution in [1.29, 1.82) is 0 Å². The highest BCUT2D eigenvalue weighted by Crippen LogP contribution is 2.21. The van der Waals surface area contributed by atoms with E-state index in [1.807, 2.05) is 18.2 Å². The number of hydrogen-bond acceptors (Lipinski definition) is 4. The van der Waals surface area contributed by atoms with Gasteiger partial charge in [0.1, 0.15) is 6.54 Å². The predicted octanol–water partition coefficient (Wildman–Crippen LogP) is 3.39. The van der Waals surface area contributed by atoms with Crippen molar-refractivity contribution in [2.45, 2.75) is 6.54 Å². The molecule has 116 valence electrons. The summed E-state index contributed by atoms with van der Waals surface area (Å²) in [5.74, 6) is 0.201. The van der Waals surface area contributed by atoms with Gasteiger partial charge in [-0.05, 0) is 57.5 Å². The van der Waals surface area contributed by atoms with E-state index in [-0.39, 0.29) is 12.5 Å². The van der Waals surface area contributed by atoms with E-state index in [9.17, 15) is 4.79 Å². The molecule has 0 aliphatic rings. The van der Waals surface area contributed by atoms with E-state index in [1.54, 1.807) is 30.3 Å². The van der Waals surface area contributed by atoms with Crippen LogP contribution >= 0.6 is 27.5 Å². The van der Waals surface area contributed by atoms with Crippen molar-refractivity contribution in [2.75, 3.05) is 5.32 Å². The summed E-state index contributed by atoms with van der Waals surface area (Å²) in [5, 5.41) is 15.4. The zero-order valence-corrected chi connectivity index (χ0v) is 14.1. The van der Waals surface area contributed by atoms with Gasteiger partial charge in [-0.1, -0.05) is 23.7 Å². The first-order valence-electron chi connectivity index (χ1n) is 6.70. The smallest absolute Gasteiger partial charge is 0.248 e. The van der Waals surface area contributed by atoms with E-state index in [0.717, 1.165) is 10.0 Å². The van der Waals surface area contributed by atoms with Crippen LogP contribution in [0.5, 0.6) is 0 Å². The number of benzene rings is 2. The lowest BCUT2D eigenvalue weighted by Gasteiger charge is -2.06. The van der Waals surface area contributed by atoms with Gasteiger partial charge in [0.25, 0.3) is 0 Å². The zero-order valence-electron chi connectivity index (χ0n) is 11.8. The van der Waals surface area contributed by atoms with Crippen molar-refractivity contribution in [3.63, 3.8) is 0 Å². The first-order chi connectivity index (χ1) is 11.1. The van der Waals surface area contributed by atoms with Crippen molar-refractivity contribution in [1.82, 2.24) is 20.2 Å². The maximum Gasteiger partial charge on any atom is 0.248 e. The molecule has 1 amide bonds. The summed E-state index contributed by atoms with van der Waals surface area (Å²) in [6.45, 7) is -0.0259. The molecular formula is C15H11BrClN5O. The summed E-state index contributed by atoms with van der Waals surface area (Å²) >= 11 is 9.22. The average molecular weight is 393 g/mol. The Hall–Kier alpha value is -2.25. The summed E-state index contributed by atoms with van der Waals surface area (Å²) in [6.07, 6.45) is 0. The third-order valence-corrected chi connectivity index (χ3v) is 3.93. The number of nitrogens with one attached hydrogen (secondary N) is 1. The van der Waals surface area contributed by atoms with Crippen LogP contribution in [0.4, 0.5) is 5.69 Å². The lowest BCUT2D eigenvalue weighted by Crippen LogP contribution is -2.20. The largest absolute Gasteiger partial charge is 0.323 e. The Balaban J connectivity index is 1.68. The molecule has 0 aliphatic heterocycles. The van der Waals surface area contributed by atoms with E-state index < -0.39 is 0 Å². The molecule has 0 saturated heterocycles. The molecule has 0 spiro atoms. The molecular weight excluding hydrogens is 382 g/mol. The molecule has 3 aromatic rings. The van der Waals surface area contributed by atoms with Crippen molar-refractivity contribution in [3.05, 3.63) is 58.0 Å². The SMILES string of the molecule is O=C(Cn1nnc(-c2ccc(Cl)cc2)n1)Nc1ccccc1Br. The molecule has 23 heavy (non-hydrogen) atoms. The van der Waals surface area contributed by atoms with Crippen LogP contribution in [0.25, 0.3) is 11.4 Å². The number of para-hydroxylation sites is 1. The minimum Gasteiger partial charge on any atom is -0.323 e. The quantitative estimate of drug-likeness (QED) is 0.738. The predicted molar refractivity (Wildman–Crippen MR) is 91.0 cm³/mol. The van der Waals surface area contributed by atoms with E-state index in [2.05, 4.69) is 36.7 Å². The van der Waals surface area contributed by atoms with Gasteiger partial charge in [0, 0.05) is 15.1 Å². The molecule has 8 heteroatoms. The summed E-state index contributed by atoms with van der Waals surface area (Å²) in [6, 6.07) is 14.5. The molecule has 3 rings (SSSR count). The van der Waals surface area contributed by atoms with E-state index >= 15 is 0 Å². The second-order valence-corrected chi connectivity index (χ2v) is 5.97. The van der Waals surface area contributed by atoms with Gasteiger partial charge in [-0.25, -0.2) is 0 Å². The van der Waals surface area contributed by atoms with Gasteiger partial charge in [0.15, 0.2) is 0 Å². The number of aromatic nitrogens is 4. The van der Waals surface area contributed by atoms with Crippen LogP contribution < -0.4 is 5.32 Å². The molecule has 1 aromatic heterocycles. The maximum atomic E-state index is 12.0. The van der Waals surface area contributed by atoms with Crippen LogP contribution in [-0.4, -0.2) is 26.1 Å². The van der Waals surface area contributed by atoms with Crippen LogP contribution in [0.2, 0.25) is 5.02 Å². The van der Waals surface area contributed by atoms with Gasteiger partial charge >= 0.3 is 0 Å². The van der Waals surface area contributed by atoms with Gasteiger partial charge in [0.2, 0.25) is 11.7 Å². The first kappa shape index (κ1) is 15.6. The normalized spacial score (nSPS) is 10.5. The number of hydrogen-bond donors (Lipinski definition) is 1. The molecule has 0 radical (unpaired) electrons. The van der Waals surface area contributed by atoms with Crippen LogP contribution in [-0.2, 0) is 11.3 Å². The topological polar surface area (TPSA) is 72.7 Å². The van der Waals surface area contributed by atoms with Crippen molar-refractivity contribution in [3.8, 4) is 11.4 Å². The molecule has 0 unspecified atom stereocenters. The number of nitrogens with zero attached hydrogens (tertiary/aromatic N) is 4. The second kappa shape index (κ2) is 6.89. The minimum absolute atomic E-state index is 0.0259. The molecule has 0 atom stereocenters. The third kappa shape index (κ3) is 3.94. The highest BCUT2D eigenvalue weighted by Gasteiger charge is 2.10. The maximum absolute atomic E-state index is 12.0. The zero-order chi connectivity index (χ0) is 16.2. The Bertz CT molecular complexity index is 834. The Labute approximate surface area is 145 Å². The molecule has 1 heterocycles. The molecule has 0 saturated carbocycles. The van der Waals surface area contributed by atoms with Crippen LogP contribution in [0, 0.1) is 0 Å². The molecule has 2 aromatic carbocycles. The van der Waals surface area contributed by atoms with E-state index in [0.29, 0.717) is 16.5 Å². The van der Waals surface area contributed by atoms with Crippen molar-refractivity contribution in [2.24, 2.45) is 0 Å². The number of rotatable bonds is 4. The van der Waals surface area contributed by atoms with Crippen molar-refractivity contribution >= 4 is 39.1 Å². The van der Waals surface area contributed by atoms with Gasteiger partial charge in [0.05, 0.1) is 5.69 Å². The van der Waals surface area contributed by atoms with E-state index in [4.69, 9.17) is 11.6 Å². The Morgan fingerprint density at radius 3 is 2.65 bits per heavy atom. The molecule has 0 aliphatic carbocycles. The monoisotopic (exact) mass is 391 g/mol. The fraction of sp³-hybridized carbons (Fsp3) is 0.0667. The highest BCUT2D eigenvalue weighted by atomic mass is 79.9. The molecule has 0 fully saturated rings.